The number of fused-ring (bicyclic) bond motifs is 1. The van der Waals surface area contributed by atoms with Crippen LogP contribution in [0.4, 0.5) is 5.82 Å². The van der Waals surface area contributed by atoms with Gasteiger partial charge in [-0.25, -0.2) is 9.98 Å². The van der Waals surface area contributed by atoms with E-state index in [1.165, 1.54) is 10.9 Å². The Bertz CT molecular complexity index is 796. The van der Waals surface area contributed by atoms with Crippen molar-refractivity contribution >= 4 is 12.2 Å². The van der Waals surface area contributed by atoms with Gasteiger partial charge in [-0.1, -0.05) is 30.3 Å². The number of imidazole rings is 1. The van der Waals surface area contributed by atoms with Crippen LogP contribution in [0.1, 0.15) is 23.7 Å². The van der Waals surface area contributed by atoms with Gasteiger partial charge in [0, 0.05) is 6.54 Å². The molecule has 3 unspecified atom stereocenters. The van der Waals surface area contributed by atoms with Gasteiger partial charge in [0.1, 0.15) is 30.2 Å². The van der Waals surface area contributed by atoms with Crippen molar-refractivity contribution < 1.29 is 20.1 Å². The van der Waals surface area contributed by atoms with Crippen molar-refractivity contribution in [2.45, 2.75) is 37.3 Å². The SMILES string of the molecule is NC1c2ncn([C@@H]3O[C@H](CO)C(O)C3O)c2N=CN1Cc1ccccc1. The van der Waals surface area contributed by atoms with Crippen molar-refractivity contribution in [1.29, 1.82) is 0 Å². The van der Waals surface area contributed by atoms with Gasteiger partial charge in [0.15, 0.2) is 12.0 Å². The van der Waals surface area contributed by atoms with Gasteiger partial charge in [-0.2, -0.15) is 0 Å². The van der Waals surface area contributed by atoms with E-state index in [-0.39, 0.29) is 6.61 Å². The molecule has 9 nitrogen and oxygen atoms in total. The van der Waals surface area contributed by atoms with Crippen LogP contribution in [0, 0.1) is 0 Å². The third-order valence-electron chi connectivity index (χ3n) is 4.76. The van der Waals surface area contributed by atoms with Crippen LogP contribution >= 0.6 is 0 Å². The summed E-state index contributed by atoms with van der Waals surface area (Å²) in [6.07, 6.45) is -1.50. The molecule has 3 heterocycles. The Labute approximate surface area is 150 Å². The van der Waals surface area contributed by atoms with E-state index in [2.05, 4.69) is 9.98 Å². The molecule has 9 heteroatoms. The molecule has 26 heavy (non-hydrogen) atoms. The average Bonchev–Trinajstić information content (AvgIpc) is 3.20. The fraction of sp³-hybridized carbons (Fsp3) is 0.412. The van der Waals surface area contributed by atoms with Crippen molar-refractivity contribution in [2.24, 2.45) is 10.7 Å². The zero-order valence-electron chi connectivity index (χ0n) is 14.0. The number of hydrogen-bond acceptors (Lipinski definition) is 8. The van der Waals surface area contributed by atoms with Crippen LogP contribution in [0.2, 0.25) is 0 Å². The summed E-state index contributed by atoms with van der Waals surface area (Å²) in [4.78, 5) is 10.6. The summed E-state index contributed by atoms with van der Waals surface area (Å²) in [7, 11) is 0. The zero-order chi connectivity index (χ0) is 18.3. The Kier molecular flexibility index (Phi) is 4.47. The Hall–Kier alpha value is -2.30. The Balaban J connectivity index is 1.58. The van der Waals surface area contributed by atoms with E-state index in [9.17, 15) is 15.3 Å². The number of benzene rings is 1. The standard InChI is InChI=1S/C17H21N5O4/c18-15-12-16(20-8-21(15)6-10-4-2-1-3-5-10)22(9-19-12)17-14(25)13(24)11(7-23)26-17/h1-5,8-9,11,13-15,17,23-25H,6-7,18H2/t11-,13?,14?,15?,17-/m1/s1. The highest BCUT2D eigenvalue weighted by atomic mass is 16.6. The number of nitrogens with two attached hydrogens (primary N) is 1. The Morgan fingerprint density at radius 1 is 1.15 bits per heavy atom. The van der Waals surface area contributed by atoms with Gasteiger partial charge in [-0.3, -0.25) is 4.57 Å². The summed E-state index contributed by atoms with van der Waals surface area (Å²) >= 11 is 0. The first-order valence-corrected chi connectivity index (χ1v) is 8.38. The molecule has 5 N–H and O–H groups in total. The molecule has 1 fully saturated rings. The minimum Gasteiger partial charge on any atom is -0.394 e. The van der Waals surface area contributed by atoms with E-state index in [1.54, 1.807) is 6.34 Å². The molecule has 0 spiro atoms. The lowest BCUT2D eigenvalue weighted by atomic mass is 10.1. The molecule has 0 bridgehead atoms. The van der Waals surface area contributed by atoms with Crippen LogP contribution in [0.5, 0.6) is 0 Å². The summed E-state index contributed by atoms with van der Waals surface area (Å²) < 4.78 is 7.08. The zero-order valence-corrected chi connectivity index (χ0v) is 14.0. The number of aromatic nitrogens is 2. The molecule has 4 rings (SSSR count). The molecule has 5 atom stereocenters. The molecule has 138 valence electrons. The molecule has 1 aromatic carbocycles. The van der Waals surface area contributed by atoms with Crippen LogP contribution in [0.25, 0.3) is 0 Å². The van der Waals surface area contributed by atoms with E-state index in [0.29, 0.717) is 18.1 Å². The predicted octanol–water partition coefficient (Wildman–Crippen LogP) is -0.372. The minimum atomic E-state index is -1.20. The second-order valence-corrected chi connectivity index (χ2v) is 6.44. The second kappa shape index (κ2) is 6.78. The summed E-state index contributed by atoms with van der Waals surface area (Å²) in [5, 5.41) is 29.4. The van der Waals surface area contributed by atoms with Gasteiger partial charge in [-0.15, -0.1) is 0 Å². The van der Waals surface area contributed by atoms with E-state index in [4.69, 9.17) is 10.5 Å². The minimum absolute atomic E-state index is 0.390. The highest BCUT2D eigenvalue weighted by molar-refractivity contribution is 5.65. The number of ether oxygens (including phenoxy) is 1. The lowest BCUT2D eigenvalue weighted by Crippen LogP contribution is -2.35. The van der Waals surface area contributed by atoms with Gasteiger partial charge in [0.25, 0.3) is 0 Å². The molecule has 0 saturated carbocycles. The Morgan fingerprint density at radius 2 is 1.92 bits per heavy atom. The first-order valence-electron chi connectivity index (χ1n) is 8.38. The molecule has 0 amide bonds. The molecule has 0 radical (unpaired) electrons. The maximum absolute atomic E-state index is 10.2. The van der Waals surface area contributed by atoms with Crippen molar-refractivity contribution in [2.75, 3.05) is 6.61 Å². The third-order valence-corrected chi connectivity index (χ3v) is 4.76. The molecule has 0 aliphatic carbocycles. The first kappa shape index (κ1) is 17.1. The number of aliphatic imine (C=N–C) groups is 1. The first-order chi connectivity index (χ1) is 12.6. The molecule has 2 aromatic rings. The summed E-state index contributed by atoms with van der Waals surface area (Å²) in [5.41, 5.74) is 7.99. The maximum atomic E-state index is 10.2. The Morgan fingerprint density at radius 3 is 2.62 bits per heavy atom. The molecule has 2 aliphatic rings. The van der Waals surface area contributed by atoms with Crippen LogP contribution in [-0.4, -0.2) is 61.0 Å². The van der Waals surface area contributed by atoms with Gasteiger partial charge in [0.2, 0.25) is 0 Å². The highest BCUT2D eigenvalue weighted by Crippen LogP contribution is 2.37. The number of rotatable bonds is 4. The quantitative estimate of drug-likeness (QED) is 0.586. The number of aliphatic hydroxyl groups excluding tert-OH is 3. The second-order valence-electron chi connectivity index (χ2n) is 6.44. The van der Waals surface area contributed by atoms with Crippen LogP contribution in [0.3, 0.4) is 0 Å². The van der Waals surface area contributed by atoms with E-state index < -0.39 is 30.7 Å². The van der Waals surface area contributed by atoms with Gasteiger partial charge in [-0.05, 0) is 5.56 Å². The molecular formula is C17H21N5O4. The van der Waals surface area contributed by atoms with Crippen molar-refractivity contribution in [1.82, 2.24) is 14.5 Å². The molecular weight excluding hydrogens is 338 g/mol. The highest BCUT2D eigenvalue weighted by Gasteiger charge is 2.44. The summed E-state index contributed by atoms with van der Waals surface area (Å²) in [6.45, 7) is 0.199. The molecule has 1 saturated heterocycles. The smallest absolute Gasteiger partial charge is 0.165 e. The van der Waals surface area contributed by atoms with Gasteiger partial charge in [0.05, 0.1) is 19.3 Å². The van der Waals surface area contributed by atoms with E-state index in [1.807, 2.05) is 35.2 Å². The fourth-order valence-corrected chi connectivity index (χ4v) is 3.30. The van der Waals surface area contributed by atoms with E-state index >= 15 is 0 Å². The van der Waals surface area contributed by atoms with Gasteiger partial charge >= 0.3 is 0 Å². The summed E-state index contributed by atoms with van der Waals surface area (Å²) in [6, 6.07) is 9.89. The molecule has 1 aromatic heterocycles. The van der Waals surface area contributed by atoms with E-state index in [0.717, 1.165) is 5.56 Å². The lowest BCUT2D eigenvalue weighted by Gasteiger charge is -2.29. The number of aliphatic hydroxyl groups is 3. The van der Waals surface area contributed by atoms with Crippen molar-refractivity contribution in [3.8, 4) is 0 Å². The van der Waals surface area contributed by atoms with Gasteiger partial charge < -0.3 is 30.7 Å². The van der Waals surface area contributed by atoms with Crippen LogP contribution in [-0.2, 0) is 11.3 Å². The number of nitrogens with zero attached hydrogens (tertiary/aromatic N) is 4. The van der Waals surface area contributed by atoms with Crippen molar-refractivity contribution in [3.05, 3.63) is 47.9 Å². The summed E-state index contributed by atoms with van der Waals surface area (Å²) in [5.74, 6) is 0.469. The largest absolute Gasteiger partial charge is 0.394 e. The topological polar surface area (TPSA) is 129 Å². The normalized spacial score (nSPS) is 30.6. The lowest BCUT2D eigenvalue weighted by molar-refractivity contribution is -0.0520. The van der Waals surface area contributed by atoms with Crippen LogP contribution in [0.15, 0.2) is 41.7 Å². The van der Waals surface area contributed by atoms with Crippen molar-refractivity contribution in [3.63, 3.8) is 0 Å². The third kappa shape index (κ3) is 2.79. The maximum Gasteiger partial charge on any atom is 0.165 e. The monoisotopic (exact) mass is 359 g/mol. The van der Waals surface area contributed by atoms with Crippen LogP contribution < -0.4 is 5.73 Å². The molecule has 2 aliphatic heterocycles. The fourth-order valence-electron chi connectivity index (χ4n) is 3.30. The predicted molar refractivity (Wildman–Crippen MR) is 92.3 cm³/mol. The number of hydrogen-bond donors (Lipinski definition) is 4. The average molecular weight is 359 g/mol.